The molecule has 0 radical (unpaired) electrons. The first-order valence-electron chi connectivity index (χ1n) is 7.92. The topological polar surface area (TPSA) is 24.9 Å². The van der Waals surface area contributed by atoms with Crippen molar-refractivity contribution >= 4 is 55.1 Å². The van der Waals surface area contributed by atoms with Crippen molar-refractivity contribution in [3.8, 4) is 22.4 Å². The number of anilines is 2. The number of benzene rings is 3. The zero-order valence-corrected chi connectivity index (χ0v) is 17.8. The summed E-state index contributed by atoms with van der Waals surface area (Å²) in [6.07, 6.45) is 0. The maximum absolute atomic E-state index is 4.70. The lowest BCUT2D eigenvalue weighted by Crippen LogP contribution is -1.89. The standard InChI is InChI=1S/C21H15BrN2S.BrH/c22-18-10-12-19(13-11-18)23-21-24-20(14-25-21)17-8-6-16(7-9-17)15-4-2-1-3-5-15;/h1-14H,(H,23,24);1H. The van der Waals surface area contributed by atoms with Gasteiger partial charge in [0.1, 0.15) is 0 Å². The predicted octanol–water partition coefficient (Wildman–Crippen LogP) is 7.56. The molecule has 1 aromatic heterocycles. The van der Waals surface area contributed by atoms with Gasteiger partial charge in [-0.1, -0.05) is 70.5 Å². The van der Waals surface area contributed by atoms with Crippen molar-refractivity contribution in [1.82, 2.24) is 4.98 Å². The zero-order chi connectivity index (χ0) is 17.1. The summed E-state index contributed by atoms with van der Waals surface area (Å²) >= 11 is 5.06. The van der Waals surface area contributed by atoms with E-state index in [-0.39, 0.29) is 17.0 Å². The van der Waals surface area contributed by atoms with E-state index < -0.39 is 0 Å². The SMILES string of the molecule is Br.Brc1ccc(Nc2nc(-c3ccc(-c4ccccc4)cc3)cs2)cc1. The first-order chi connectivity index (χ1) is 12.3. The Kier molecular flexibility index (Phi) is 6.25. The quantitative estimate of drug-likeness (QED) is 0.321. The number of thiazole rings is 1. The molecule has 0 atom stereocenters. The molecule has 1 N–H and O–H groups in total. The van der Waals surface area contributed by atoms with Gasteiger partial charge < -0.3 is 5.32 Å². The van der Waals surface area contributed by atoms with E-state index in [9.17, 15) is 0 Å². The van der Waals surface area contributed by atoms with Crippen LogP contribution < -0.4 is 5.32 Å². The van der Waals surface area contributed by atoms with Crippen LogP contribution in [0.4, 0.5) is 10.8 Å². The third kappa shape index (κ3) is 4.41. The molecule has 3 aromatic carbocycles. The van der Waals surface area contributed by atoms with Crippen LogP contribution in [0.3, 0.4) is 0 Å². The highest BCUT2D eigenvalue weighted by molar-refractivity contribution is 9.10. The smallest absolute Gasteiger partial charge is 0.187 e. The Morgan fingerprint density at radius 3 is 2.04 bits per heavy atom. The molecule has 0 aliphatic carbocycles. The number of nitrogens with zero attached hydrogens (tertiary/aromatic N) is 1. The second kappa shape index (κ2) is 8.62. The summed E-state index contributed by atoms with van der Waals surface area (Å²) in [6.45, 7) is 0. The Labute approximate surface area is 175 Å². The molecule has 0 amide bonds. The van der Waals surface area contributed by atoms with E-state index in [2.05, 4.69) is 75.2 Å². The first kappa shape index (κ1) is 18.8. The summed E-state index contributed by atoms with van der Waals surface area (Å²) in [4.78, 5) is 4.70. The van der Waals surface area contributed by atoms with Crippen molar-refractivity contribution in [3.05, 3.63) is 88.7 Å². The second-order valence-electron chi connectivity index (χ2n) is 5.61. The van der Waals surface area contributed by atoms with Gasteiger partial charge in [0.25, 0.3) is 0 Å². The molecule has 4 aromatic rings. The summed E-state index contributed by atoms with van der Waals surface area (Å²) < 4.78 is 1.07. The molecule has 26 heavy (non-hydrogen) atoms. The normalized spacial score (nSPS) is 10.2. The van der Waals surface area contributed by atoms with Gasteiger partial charge in [0.15, 0.2) is 5.13 Å². The van der Waals surface area contributed by atoms with E-state index in [0.717, 1.165) is 26.5 Å². The van der Waals surface area contributed by atoms with Crippen molar-refractivity contribution in [2.24, 2.45) is 0 Å². The van der Waals surface area contributed by atoms with E-state index in [4.69, 9.17) is 4.98 Å². The van der Waals surface area contributed by atoms with Gasteiger partial charge in [0.2, 0.25) is 0 Å². The Hall–Kier alpha value is -1.95. The molecule has 5 heteroatoms. The maximum Gasteiger partial charge on any atom is 0.187 e. The molecule has 4 rings (SSSR count). The molecule has 0 spiro atoms. The summed E-state index contributed by atoms with van der Waals surface area (Å²) in [5.41, 5.74) is 5.59. The lowest BCUT2D eigenvalue weighted by atomic mass is 10.0. The maximum atomic E-state index is 4.70. The van der Waals surface area contributed by atoms with Crippen LogP contribution in [0.5, 0.6) is 0 Å². The van der Waals surface area contributed by atoms with E-state index in [1.807, 2.05) is 30.3 Å². The van der Waals surface area contributed by atoms with Crippen molar-refractivity contribution in [2.75, 3.05) is 5.32 Å². The minimum atomic E-state index is 0. The molecule has 0 saturated carbocycles. The molecule has 2 nitrogen and oxygen atoms in total. The monoisotopic (exact) mass is 486 g/mol. The Morgan fingerprint density at radius 2 is 1.35 bits per heavy atom. The van der Waals surface area contributed by atoms with Gasteiger partial charge in [-0.25, -0.2) is 4.98 Å². The number of rotatable bonds is 4. The molecule has 1 heterocycles. The van der Waals surface area contributed by atoms with E-state index in [0.29, 0.717) is 0 Å². The summed E-state index contributed by atoms with van der Waals surface area (Å²) in [6, 6.07) is 27.0. The fourth-order valence-electron chi connectivity index (χ4n) is 2.58. The van der Waals surface area contributed by atoms with Crippen LogP contribution in [0.25, 0.3) is 22.4 Å². The number of nitrogens with one attached hydrogen (secondary N) is 1. The van der Waals surface area contributed by atoms with Gasteiger partial charge >= 0.3 is 0 Å². The van der Waals surface area contributed by atoms with Gasteiger partial charge in [0.05, 0.1) is 5.69 Å². The van der Waals surface area contributed by atoms with Gasteiger partial charge in [-0.3, -0.25) is 0 Å². The molecular formula is C21H16Br2N2S. The first-order valence-corrected chi connectivity index (χ1v) is 9.59. The summed E-state index contributed by atoms with van der Waals surface area (Å²) in [7, 11) is 0. The van der Waals surface area contributed by atoms with E-state index >= 15 is 0 Å². The van der Waals surface area contributed by atoms with Crippen LogP contribution in [0, 0.1) is 0 Å². The van der Waals surface area contributed by atoms with Crippen LogP contribution in [-0.2, 0) is 0 Å². The Bertz CT molecular complexity index is 965. The highest BCUT2D eigenvalue weighted by Crippen LogP contribution is 2.29. The minimum absolute atomic E-state index is 0. The van der Waals surface area contributed by atoms with E-state index in [1.165, 1.54) is 11.1 Å². The van der Waals surface area contributed by atoms with Gasteiger partial charge in [0, 0.05) is 21.1 Å². The molecule has 0 fully saturated rings. The third-order valence-corrected chi connectivity index (χ3v) is 5.17. The fourth-order valence-corrected chi connectivity index (χ4v) is 3.59. The van der Waals surface area contributed by atoms with Gasteiger partial charge in [-0.05, 0) is 35.4 Å². The van der Waals surface area contributed by atoms with Gasteiger partial charge in [-0.15, -0.1) is 28.3 Å². The molecule has 0 bridgehead atoms. The number of halogens is 2. The highest BCUT2D eigenvalue weighted by Gasteiger charge is 2.06. The lowest BCUT2D eigenvalue weighted by molar-refractivity contribution is 1.38. The number of hydrogen-bond donors (Lipinski definition) is 1. The number of hydrogen-bond acceptors (Lipinski definition) is 3. The van der Waals surface area contributed by atoms with Crippen molar-refractivity contribution in [3.63, 3.8) is 0 Å². The Balaban J connectivity index is 0.00000196. The van der Waals surface area contributed by atoms with Crippen LogP contribution >= 0.6 is 44.2 Å². The fraction of sp³-hybridized carbons (Fsp3) is 0. The zero-order valence-electron chi connectivity index (χ0n) is 13.7. The molecule has 0 unspecified atom stereocenters. The molecule has 0 saturated heterocycles. The molecule has 130 valence electrons. The van der Waals surface area contributed by atoms with Gasteiger partial charge in [-0.2, -0.15) is 0 Å². The average molecular weight is 488 g/mol. The van der Waals surface area contributed by atoms with E-state index in [1.54, 1.807) is 11.3 Å². The van der Waals surface area contributed by atoms with Crippen LogP contribution in [0.2, 0.25) is 0 Å². The molecular weight excluding hydrogens is 472 g/mol. The summed E-state index contributed by atoms with van der Waals surface area (Å²) in [5.74, 6) is 0. The number of aromatic nitrogens is 1. The minimum Gasteiger partial charge on any atom is -0.332 e. The van der Waals surface area contributed by atoms with Crippen LogP contribution in [0.15, 0.2) is 88.7 Å². The average Bonchev–Trinajstić information content (AvgIpc) is 3.13. The highest BCUT2D eigenvalue weighted by atomic mass is 79.9. The van der Waals surface area contributed by atoms with Crippen molar-refractivity contribution < 1.29 is 0 Å². The lowest BCUT2D eigenvalue weighted by Gasteiger charge is -2.03. The summed E-state index contributed by atoms with van der Waals surface area (Å²) in [5, 5.41) is 6.32. The van der Waals surface area contributed by atoms with Crippen LogP contribution in [-0.4, -0.2) is 4.98 Å². The largest absolute Gasteiger partial charge is 0.332 e. The molecule has 0 aliphatic heterocycles. The van der Waals surface area contributed by atoms with Crippen molar-refractivity contribution in [2.45, 2.75) is 0 Å². The second-order valence-corrected chi connectivity index (χ2v) is 7.39. The van der Waals surface area contributed by atoms with Crippen LogP contribution in [0.1, 0.15) is 0 Å². The predicted molar refractivity (Wildman–Crippen MR) is 121 cm³/mol. The van der Waals surface area contributed by atoms with Crippen molar-refractivity contribution in [1.29, 1.82) is 0 Å². The Morgan fingerprint density at radius 1 is 0.731 bits per heavy atom. The molecule has 0 aliphatic rings. The third-order valence-electron chi connectivity index (χ3n) is 3.89.